The summed E-state index contributed by atoms with van der Waals surface area (Å²) < 4.78 is 14.2. The minimum absolute atomic E-state index is 0.197. The Morgan fingerprint density at radius 3 is 2.36 bits per heavy atom. The number of nitrogens with zero attached hydrogens (tertiary/aromatic N) is 1. The molecule has 1 aliphatic heterocycles. The molecule has 7 heteroatoms. The molecule has 146 valence electrons. The fourth-order valence-corrected chi connectivity index (χ4v) is 3.28. The summed E-state index contributed by atoms with van der Waals surface area (Å²) in [4.78, 5) is 38.1. The molecule has 0 saturated carbocycles. The number of benzene rings is 2. The average molecular weight is 384 g/mol. The molecular formula is C21H21FN2O4. The highest BCUT2D eigenvalue weighted by Crippen LogP contribution is 2.15. The zero-order valence-corrected chi connectivity index (χ0v) is 15.2. The standard InChI is InChI=1S/C21H21FN2O4/c22-17-13-15(21(27)28)8-9-16(17)19(25)23-18(12-14-6-2-1-3-7-14)20(26)24-10-4-5-11-24/h1-3,6-9,13,18H,4-5,10-12H2,(H,23,25)(H,27,28). The van der Waals surface area contributed by atoms with Crippen LogP contribution >= 0.6 is 0 Å². The Hall–Kier alpha value is -3.22. The van der Waals surface area contributed by atoms with Crippen LogP contribution in [0.1, 0.15) is 39.1 Å². The van der Waals surface area contributed by atoms with Crippen LogP contribution in [0.15, 0.2) is 48.5 Å². The third kappa shape index (κ3) is 4.54. The van der Waals surface area contributed by atoms with E-state index in [9.17, 15) is 18.8 Å². The van der Waals surface area contributed by atoms with Crippen molar-refractivity contribution in [1.29, 1.82) is 0 Å². The van der Waals surface area contributed by atoms with E-state index in [1.807, 2.05) is 30.3 Å². The number of carboxylic acid groups (broad SMARTS) is 1. The zero-order chi connectivity index (χ0) is 20.1. The lowest BCUT2D eigenvalue weighted by atomic mass is 10.0. The number of amides is 2. The number of rotatable bonds is 6. The molecule has 2 N–H and O–H groups in total. The Balaban J connectivity index is 1.80. The number of hydrogen-bond donors (Lipinski definition) is 2. The van der Waals surface area contributed by atoms with Crippen LogP contribution in [0, 0.1) is 5.82 Å². The Kier molecular flexibility index (Phi) is 6.03. The number of carbonyl (C=O) groups excluding carboxylic acids is 2. The van der Waals surface area contributed by atoms with Crippen LogP contribution in [0.25, 0.3) is 0 Å². The van der Waals surface area contributed by atoms with Crippen molar-refractivity contribution in [2.45, 2.75) is 25.3 Å². The molecule has 1 unspecified atom stereocenters. The van der Waals surface area contributed by atoms with Crippen molar-refractivity contribution in [2.24, 2.45) is 0 Å². The van der Waals surface area contributed by atoms with E-state index in [0.717, 1.165) is 36.6 Å². The van der Waals surface area contributed by atoms with Gasteiger partial charge in [-0.3, -0.25) is 9.59 Å². The van der Waals surface area contributed by atoms with E-state index in [-0.39, 0.29) is 23.5 Å². The van der Waals surface area contributed by atoms with Crippen LogP contribution in [0.4, 0.5) is 4.39 Å². The number of likely N-dealkylation sites (tertiary alicyclic amines) is 1. The minimum atomic E-state index is -1.28. The van der Waals surface area contributed by atoms with E-state index >= 15 is 0 Å². The Morgan fingerprint density at radius 2 is 1.75 bits per heavy atom. The highest BCUT2D eigenvalue weighted by Gasteiger charge is 2.29. The lowest BCUT2D eigenvalue weighted by Crippen LogP contribution is -2.49. The maximum absolute atomic E-state index is 14.2. The quantitative estimate of drug-likeness (QED) is 0.801. The molecule has 1 fully saturated rings. The predicted molar refractivity (Wildman–Crippen MR) is 101 cm³/mol. The van der Waals surface area contributed by atoms with Gasteiger partial charge in [0.1, 0.15) is 11.9 Å². The van der Waals surface area contributed by atoms with E-state index in [1.165, 1.54) is 0 Å². The molecule has 2 aromatic carbocycles. The molecule has 1 saturated heterocycles. The molecule has 1 heterocycles. The molecule has 0 spiro atoms. The number of aromatic carboxylic acids is 1. The SMILES string of the molecule is O=C(O)c1ccc(C(=O)NC(Cc2ccccc2)C(=O)N2CCCC2)c(F)c1. The van der Waals surface area contributed by atoms with Crippen molar-refractivity contribution in [1.82, 2.24) is 10.2 Å². The van der Waals surface area contributed by atoms with Gasteiger partial charge in [0.25, 0.3) is 5.91 Å². The second-order valence-electron chi connectivity index (χ2n) is 6.75. The zero-order valence-electron chi connectivity index (χ0n) is 15.2. The number of nitrogens with one attached hydrogen (secondary N) is 1. The first-order valence-corrected chi connectivity index (χ1v) is 9.12. The van der Waals surface area contributed by atoms with Gasteiger partial charge in [-0.25, -0.2) is 9.18 Å². The normalized spacial score (nSPS) is 14.5. The number of halogens is 1. The van der Waals surface area contributed by atoms with E-state index in [1.54, 1.807) is 4.90 Å². The molecule has 0 aliphatic carbocycles. The van der Waals surface area contributed by atoms with E-state index < -0.39 is 23.7 Å². The molecule has 0 aromatic heterocycles. The predicted octanol–water partition coefficient (Wildman–Crippen LogP) is 2.49. The number of hydrogen-bond acceptors (Lipinski definition) is 3. The third-order valence-electron chi connectivity index (χ3n) is 4.76. The highest BCUT2D eigenvalue weighted by atomic mass is 19.1. The van der Waals surface area contributed by atoms with Gasteiger partial charge in [-0.05, 0) is 36.6 Å². The Morgan fingerprint density at radius 1 is 1.07 bits per heavy atom. The maximum atomic E-state index is 14.2. The molecule has 6 nitrogen and oxygen atoms in total. The summed E-state index contributed by atoms with van der Waals surface area (Å²) in [5, 5.41) is 11.6. The number of carbonyl (C=O) groups is 3. The van der Waals surface area contributed by atoms with Crippen molar-refractivity contribution in [3.05, 3.63) is 71.0 Å². The summed E-state index contributed by atoms with van der Waals surface area (Å²) in [7, 11) is 0. The van der Waals surface area contributed by atoms with Gasteiger partial charge >= 0.3 is 5.97 Å². The van der Waals surface area contributed by atoms with Gasteiger partial charge in [0, 0.05) is 19.5 Å². The molecule has 1 atom stereocenters. The van der Waals surface area contributed by atoms with Crippen molar-refractivity contribution < 1.29 is 23.9 Å². The summed E-state index contributed by atoms with van der Waals surface area (Å²) in [5.74, 6) is -3.17. The summed E-state index contributed by atoms with van der Waals surface area (Å²) in [6.45, 7) is 1.28. The van der Waals surface area contributed by atoms with Crippen molar-refractivity contribution >= 4 is 17.8 Å². The van der Waals surface area contributed by atoms with Crippen LogP contribution in [-0.4, -0.2) is 46.9 Å². The van der Waals surface area contributed by atoms with E-state index in [4.69, 9.17) is 5.11 Å². The molecular weight excluding hydrogens is 363 g/mol. The van der Waals surface area contributed by atoms with Gasteiger partial charge in [0.05, 0.1) is 11.1 Å². The van der Waals surface area contributed by atoms with Crippen molar-refractivity contribution in [3.8, 4) is 0 Å². The fraction of sp³-hybridized carbons (Fsp3) is 0.286. The lowest BCUT2D eigenvalue weighted by Gasteiger charge is -2.24. The molecule has 0 radical (unpaired) electrons. The first-order chi connectivity index (χ1) is 13.5. The summed E-state index contributed by atoms with van der Waals surface area (Å²) in [6.07, 6.45) is 2.13. The van der Waals surface area contributed by atoms with Gasteiger partial charge in [-0.15, -0.1) is 0 Å². The van der Waals surface area contributed by atoms with Gasteiger partial charge in [0.2, 0.25) is 5.91 Å². The Labute approximate surface area is 162 Å². The molecule has 3 rings (SSSR count). The number of carboxylic acids is 1. The summed E-state index contributed by atoms with van der Waals surface area (Å²) >= 11 is 0. The van der Waals surface area contributed by atoms with Crippen LogP contribution in [-0.2, 0) is 11.2 Å². The topological polar surface area (TPSA) is 86.7 Å². The molecule has 28 heavy (non-hydrogen) atoms. The third-order valence-corrected chi connectivity index (χ3v) is 4.76. The largest absolute Gasteiger partial charge is 0.478 e. The smallest absolute Gasteiger partial charge is 0.335 e. The summed E-state index contributed by atoms with van der Waals surface area (Å²) in [5.41, 5.74) is 0.336. The molecule has 1 aliphatic rings. The van der Waals surface area contributed by atoms with Crippen molar-refractivity contribution in [2.75, 3.05) is 13.1 Å². The second-order valence-corrected chi connectivity index (χ2v) is 6.75. The molecule has 2 amide bonds. The first-order valence-electron chi connectivity index (χ1n) is 9.12. The van der Waals surface area contributed by atoms with Crippen LogP contribution in [0.5, 0.6) is 0 Å². The van der Waals surface area contributed by atoms with Crippen LogP contribution in [0.2, 0.25) is 0 Å². The molecule has 2 aromatic rings. The minimum Gasteiger partial charge on any atom is -0.478 e. The van der Waals surface area contributed by atoms with Crippen molar-refractivity contribution in [3.63, 3.8) is 0 Å². The second kappa shape index (κ2) is 8.65. The van der Waals surface area contributed by atoms with Gasteiger partial charge < -0.3 is 15.3 Å². The van der Waals surface area contributed by atoms with Gasteiger partial charge in [0.15, 0.2) is 0 Å². The van der Waals surface area contributed by atoms with Gasteiger partial charge in [-0.1, -0.05) is 30.3 Å². The summed E-state index contributed by atoms with van der Waals surface area (Å²) in [6, 6.07) is 11.5. The molecule has 0 bridgehead atoms. The van der Waals surface area contributed by atoms with E-state index in [2.05, 4.69) is 5.32 Å². The first kappa shape index (κ1) is 19.5. The van der Waals surface area contributed by atoms with E-state index in [0.29, 0.717) is 13.1 Å². The van der Waals surface area contributed by atoms with Gasteiger partial charge in [-0.2, -0.15) is 0 Å². The van der Waals surface area contributed by atoms with Crippen LogP contribution in [0.3, 0.4) is 0 Å². The van der Waals surface area contributed by atoms with Crippen LogP contribution < -0.4 is 5.32 Å². The maximum Gasteiger partial charge on any atom is 0.335 e. The highest BCUT2D eigenvalue weighted by molar-refractivity contribution is 5.99. The Bertz CT molecular complexity index is 879. The monoisotopic (exact) mass is 384 g/mol. The lowest BCUT2D eigenvalue weighted by molar-refractivity contribution is -0.132. The average Bonchev–Trinajstić information content (AvgIpc) is 3.22. The fourth-order valence-electron chi connectivity index (χ4n) is 3.28.